The number of rotatable bonds is 4. The summed E-state index contributed by atoms with van der Waals surface area (Å²) in [4.78, 5) is 10.6. The minimum Gasteiger partial charge on any atom is -0.481 e. The Balaban J connectivity index is 2.38. The Kier molecular flexibility index (Phi) is 3.67. The minimum absolute atomic E-state index is 0.0640. The van der Waals surface area contributed by atoms with E-state index in [9.17, 15) is 4.79 Å². The molecule has 0 unspecified atom stereocenters. The second kappa shape index (κ2) is 5.23. The first-order valence-corrected chi connectivity index (χ1v) is 5.95. The van der Waals surface area contributed by atoms with Crippen LogP contribution in [0.3, 0.4) is 0 Å². The number of carbonyl (C=O) groups is 1. The molecule has 2 rings (SSSR count). The average molecular weight is 265 g/mol. The number of hydrogen-bond donors (Lipinski definition) is 1. The van der Waals surface area contributed by atoms with Crippen molar-refractivity contribution in [3.8, 4) is 11.1 Å². The lowest BCUT2D eigenvalue weighted by molar-refractivity contribution is -0.136. The Hall–Kier alpha value is -1.81. The highest BCUT2D eigenvalue weighted by atomic mass is 35.5. The number of aromatic nitrogens is 2. The zero-order valence-electron chi connectivity index (χ0n) is 9.93. The van der Waals surface area contributed by atoms with Crippen LogP contribution in [0.25, 0.3) is 11.1 Å². The zero-order valence-corrected chi connectivity index (χ0v) is 10.7. The van der Waals surface area contributed by atoms with Crippen LogP contribution in [0.2, 0.25) is 5.02 Å². The monoisotopic (exact) mass is 264 g/mol. The van der Waals surface area contributed by atoms with Crippen molar-refractivity contribution in [2.45, 2.75) is 12.8 Å². The maximum atomic E-state index is 10.6. The summed E-state index contributed by atoms with van der Waals surface area (Å²) in [5.41, 5.74) is 2.53. The van der Waals surface area contributed by atoms with Crippen LogP contribution in [0.4, 0.5) is 0 Å². The van der Waals surface area contributed by atoms with Crippen molar-refractivity contribution in [3.05, 3.63) is 41.2 Å². The lowest BCUT2D eigenvalue weighted by Crippen LogP contribution is -1.99. The van der Waals surface area contributed by atoms with Gasteiger partial charge in [0, 0.05) is 35.8 Å². The lowest BCUT2D eigenvalue weighted by Gasteiger charge is -2.03. The molecule has 0 saturated carbocycles. The first kappa shape index (κ1) is 12.6. The minimum atomic E-state index is -0.828. The highest BCUT2D eigenvalue weighted by molar-refractivity contribution is 6.33. The van der Waals surface area contributed by atoms with Crippen molar-refractivity contribution in [1.82, 2.24) is 9.78 Å². The van der Waals surface area contributed by atoms with Gasteiger partial charge in [0.05, 0.1) is 12.1 Å². The molecule has 0 spiro atoms. The summed E-state index contributed by atoms with van der Waals surface area (Å²) < 4.78 is 1.68. The van der Waals surface area contributed by atoms with Gasteiger partial charge in [-0.25, -0.2) is 0 Å². The van der Waals surface area contributed by atoms with Gasteiger partial charge >= 0.3 is 5.97 Å². The van der Waals surface area contributed by atoms with Crippen molar-refractivity contribution in [1.29, 1.82) is 0 Å². The van der Waals surface area contributed by atoms with Gasteiger partial charge in [-0.15, -0.1) is 0 Å². The van der Waals surface area contributed by atoms with E-state index in [1.807, 2.05) is 37.5 Å². The van der Waals surface area contributed by atoms with Crippen molar-refractivity contribution >= 4 is 17.6 Å². The first-order valence-electron chi connectivity index (χ1n) is 5.57. The van der Waals surface area contributed by atoms with Crippen LogP contribution in [0, 0.1) is 0 Å². The topological polar surface area (TPSA) is 55.1 Å². The smallest absolute Gasteiger partial charge is 0.303 e. The summed E-state index contributed by atoms with van der Waals surface area (Å²) in [5.74, 6) is -0.828. The Labute approximate surface area is 110 Å². The summed E-state index contributed by atoms with van der Waals surface area (Å²) in [6, 6.07) is 7.47. The molecule has 2 aromatic rings. The summed E-state index contributed by atoms with van der Waals surface area (Å²) in [6.07, 6.45) is 2.32. The fraction of sp³-hybridized carbons (Fsp3) is 0.231. The summed E-state index contributed by atoms with van der Waals surface area (Å²) in [7, 11) is 1.81. The first-order chi connectivity index (χ1) is 8.58. The highest BCUT2D eigenvalue weighted by Crippen LogP contribution is 2.30. The average Bonchev–Trinajstić information content (AvgIpc) is 2.68. The largest absolute Gasteiger partial charge is 0.481 e. The molecule has 94 valence electrons. The molecule has 0 aliphatic heterocycles. The molecule has 4 nitrogen and oxygen atoms in total. The second-order valence-corrected chi connectivity index (χ2v) is 4.44. The Morgan fingerprint density at radius 3 is 2.78 bits per heavy atom. The summed E-state index contributed by atoms with van der Waals surface area (Å²) in [5, 5.41) is 13.7. The Morgan fingerprint density at radius 2 is 2.11 bits per heavy atom. The van der Waals surface area contributed by atoms with Crippen LogP contribution >= 0.6 is 11.6 Å². The number of hydrogen-bond acceptors (Lipinski definition) is 2. The van der Waals surface area contributed by atoms with E-state index in [-0.39, 0.29) is 6.42 Å². The standard InChI is InChI=1S/C13H13ClN2O2/c1-16-8-10(9-4-2-3-5-11(9)14)12(15-16)6-7-13(17)18/h2-5,8H,6-7H2,1H3,(H,17,18). The third-order valence-corrected chi connectivity index (χ3v) is 2.97. The molecule has 0 atom stereocenters. The van der Waals surface area contributed by atoms with E-state index in [0.717, 1.165) is 16.8 Å². The molecular weight excluding hydrogens is 252 g/mol. The van der Waals surface area contributed by atoms with Gasteiger partial charge in [-0.2, -0.15) is 5.10 Å². The van der Waals surface area contributed by atoms with E-state index in [0.29, 0.717) is 11.4 Å². The van der Waals surface area contributed by atoms with Crippen LogP contribution in [0.5, 0.6) is 0 Å². The molecule has 1 aromatic carbocycles. The van der Waals surface area contributed by atoms with Gasteiger partial charge in [-0.3, -0.25) is 9.48 Å². The highest BCUT2D eigenvalue weighted by Gasteiger charge is 2.13. The van der Waals surface area contributed by atoms with Crippen molar-refractivity contribution < 1.29 is 9.90 Å². The number of aryl methyl sites for hydroxylation is 2. The molecule has 1 heterocycles. The maximum Gasteiger partial charge on any atom is 0.303 e. The van der Waals surface area contributed by atoms with Gasteiger partial charge in [0.25, 0.3) is 0 Å². The van der Waals surface area contributed by atoms with E-state index in [1.54, 1.807) is 4.68 Å². The number of benzene rings is 1. The van der Waals surface area contributed by atoms with Crippen molar-refractivity contribution in [3.63, 3.8) is 0 Å². The van der Waals surface area contributed by atoms with Gasteiger partial charge in [0.1, 0.15) is 0 Å². The number of aliphatic carboxylic acids is 1. The van der Waals surface area contributed by atoms with E-state index in [4.69, 9.17) is 16.7 Å². The predicted molar refractivity (Wildman–Crippen MR) is 69.6 cm³/mol. The van der Waals surface area contributed by atoms with Gasteiger partial charge in [-0.05, 0) is 6.07 Å². The maximum absolute atomic E-state index is 10.6. The molecule has 0 radical (unpaired) electrons. The lowest BCUT2D eigenvalue weighted by atomic mass is 10.0. The van der Waals surface area contributed by atoms with Crippen LogP contribution < -0.4 is 0 Å². The van der Waals surface area contributed by atoms with Crippen LogP contribution in [-0.2, 0) is 18.3 Å². The fourth-order valence-corrected chi connectivity index (χ4v) is 2.09. The van der Waals surface area contributed by atoms with Crippen LogP contribution in [0.1, 0.15) is 12.1 Å². The van der Waals surface area contributed by atoms with Crippen LogP contribution in [-0.4, -0.2) is 20.9 Å². The second-order valence-electron chi connectivity index (χ2n) is 4.04. The SMILES string of the molecule is Cn1cc(-c2ccccc2Cl)c(CCC(=O)O)n1. The third kappa shape index (κ3) is 2.71. The van der Waals surface area contributed by atoms with Crippen LogP contribution in [0.15, 0.2) is 30.5 Å². The molecule has 0 fully saturated rings. The molecule has 0 saturated heterocycles. The van der Waals surface area contributed by atoms with Crippen molar-refractivity contribution in [2.24, 2.45) is 7.05 Å². The van der Waals surface area contributed by atoms with E-state index in [1.165, 1.54) is 0 Å². The van der Waals surface area contributed by atoms with Crippen molar-refractivity contribution in [2.75, 3.05) is 0 Å². The normalized spacial score (nSPS) is 10.6. The third-order valence-electron chi connectivity index (χ3n) is 2.64. The van der Waals surface area contributed by atoms with E-state index in [2.05, 4.69) is 5.10 Å². The number of nitrogens with zero attached hydrogens (tertiary/aromatic N) is 2. The van der Waals surface area contributed by atoms with Gasteiger partial charge < -0.3 is 5.11 Å². The molecule has 1 N–H and O–H groups in total. The molecule has 0 bridgehead atoms. The summed E-state index contributed by atoms with van der Waals surface area (Å²) >= 11 is 6.15. The van der Waals surface area contributed by atoms with Gasteiger partial charge in [-0.1, -0.05) is 29.8 Å². The molecule has 0 amide bonds. The van der Waals surface area contributed by atoms with Gasteiger partial charge in [0.15, 0.2) is 0 Å². The molecule has 18 heavy (non-hydrogen) atoms. The van der Waals surface area contributed by atoms with E-state index >= 15 is 0 Å². The Bertz CT molecular complexity index is 578. The van der Waals surface area contributed by atoms with E-state index < -0.39 is 5.97 Å². The predicted octanol–water partition coefficient (Wildman–Crippen LogP) is 2.76. The quantitative estimate of drug-likeness (QED) is 0.924. The number of carboxylic acids is 1. The molecule has 0 aliphatic carbocycles. The number of halogens is 1. The molecule has 0 aliphatic rings. The number of carboxylic acid groups (broad SMARTS) is 1. The molecular formula is C13H13ClN2O2. The summed E-state index contributed by atoms with van der Waals surface area (Å²) in [6.45, 7) is 0. The fourth-order valence-electron chi connectivity index (χ4n) is 1.85. The Morgan fingerprint density at radius 1 is 1.39 bits per heavy atom. The molecule has 5 heteroatoms. The van der Waals surface area contributed by atoms with Gasteiger partial charge in [0.2, 0.25) is 0 Å². The molecule has 1 aromatic heterocycles. The zero-order chi connectivity index (χ0) is 13.1.